The molecule has 0 unspecified atom stereocenters. The molecule has 1 aliphatic heterocycles. The van der Waals surface area contributed by atoms with Gasteiger partial charge in [0.15, 0.2) is 5.09 Å². The average molecular weight is 270 g/mol. The molecule has 94 valence electrons. The minimum atomic E-state index is -0.765. The van der Waals surface area contributed by atoms with Crippen molar-refractivity contribution < 1.29 is 5.11 Å². The zero-order valence-corrected chi connectivity index (χ0v) is 10.6. The van der Waals surface area contributed by atoms with E-state index in [0.29, 0.717) is 11.3 Å². The lowest BCUT2D eigenvalue weighted by Crippen LogP contribution is -2.24. The van der Waals surface area contributed by atoms with Crippen molar-refractivity contribution in [2.24, 2.45) is 5.92 Å². The van der Waals surface area contributed by atoms with Gasteiger partial charge in [-0.05, 0) is 29.5 Å². The highest BCUT2D eigenvalue weighted by atomic mass is 32.2. The summed E-state index contributed by atoms with van der Waals surface area (Å²) in [6.45, 7) is 0. The molecular weight excluding hydrogens is 260 g/mol. The molecule has 0 saturated heterocycles. The molecule has 0 aliphatic carbocycles. The van der Waals surface area contributed by atoms with Crippen LogP contribution in [0.15, 0.2) is 34.9 Å². The van der Waals surface area contributed by atoms with Gasteiger partial charge in [-0.1, -0.05) is 12.1 Å². The highest BCUT2D eigenvalue weighted by Gasteiger charge is 2.37. The zero-order valence-electron chi connectivity index (χ0n) is 9.79. The van der Waals surface area contributed by atoms with Gasteiger partial charge in [-0.25, -0.2) is 0 Å². The molecule has 4 N–H and O–H groups in total. The Hall–Kier alpha value is -2.44. The van der Waals surface area contributed by atoms with E-state index in [2.05, 4.69) is 0 Å². The van der Waals surface area contributed by atoms with Gasteiger partial charge in [0.1, 0.15) is 5.92 Å². The Labute approximate surface area is 114 Å². The van der Waals surface area contributed by atoms with Gasteiger partial charge in [0.05, 0.1) is 22.8 Å². The maximum absolute atomic E-state index is 9.78. The maximum Gasteiger partial charge on any atom is 0.170 e. The number of hydrogen-bond acceptors (Lipinski definition) is 6. The molecule has 0 aromatic heterocycles. The lowest BCUT2D eigenvalue weighted by Gasteiger charge is -2.27. The number of thioether (sulfide) groups is 1. The molecule has 2 atom stereocenters. The number of anilines is 1. The van der Waals surface area contributed by atoms with Gasteiger partial charge in [0.25, 0.3) is 0 Å². The Morgan fingerprint density at radius 1 is 1.26 bits per heavy atom. The van der Waals surface area contributed by atoms with Crippen molar-refractivity contribution in [1.82, 2.24) is 0 Å². The molecule has 0 spiro atoms. The summed E-state index contributed by atoms with van der Waals surface area (Å²) in [5.41, 5.74) is 6.99. The largest absolute Gasteiger partial charge is 0.501 e. The van der Waals surface area contributed by atoms with Gasteiger partial charge in [-0.15, -0.1) is 0 Å². The third kappa shape index (κ3) is 2.26. The van der Waals surface area contributed by atoms with Gasteiger partial charge in [-0.2, -0.15) is 10.5 Å². The van der Waals surface area contributed by atoms with Crippen LogP contribution in [0, 0.1) is 34.0 Å². The molecule has 1 aromatic rings. The average Bonchev–Trinajstić information content (AvgIpc) is 2.39. The van der Waals surface area contributed by atoms with Crippen LogP contribution in [0.3, 0.4) is 0 Å². The first-order valence-electron chi connectivity index (χ1n) is 5.43. The van der Waals surface area contributed by atoms with Crippen molar-refractivity contribution in [1.29, 1.82) is 15.9 Å². The van der Waals surface area contributed by atoms with Crippen LogP contribution in [-0.2, 0) is 0 Å². The van der Waals surface area contributed by atoms with Crippen LogP contribution < -0.4 is 5.73 Å². The van der Waals surface area contributed by atoms with Gasteiger partial charge in [0, 0.05) is 11.6 Å². The summed E-state index contributed by atoms with van der Waals surface area (Å²) >= 11 is 0.757. The van der Waals surface area contributed by atoms with Crippen molar-refractivity contribution in [3.63, 3.8) is 0 Å². The fraction of sp³-hybridized carbons (Fsp3) is 0.154. The van der Waals surface area contributed by atoms with Gasteiger partial charge in [0.2, 0.25) is 0 Å². The van der Waals surface area contributed by atoms with Crippen molar-refractivity contribution >= 4 is 22.5 Å². The van der Waals surface area contributed by atoms with E-state index in [9.17, 15) is 10.4 Å². The van der Waals surface area contributed by atoms with Crippen LogP contribution in [-0.4, -0.2) is 10.2 Å². The molecule has 1 aliphatic rings. The Morgan fingerprint density at radius 2 is 1.89 bits per heavy atom. The van der Waals surface area contributed by atoms with Gasteiger partial charge >= 0.3 is 0 Å². The second kappa shape index (κ2) is 5.05. The topological polar surface area (TPSA) is 118 Å². The molecule has 6 heteroatoms. The minimum Gasteiger partial charge on any atom is -0.501 e. The normalized spacial score (nSPS) is 22.7. The second-order valence-corrected chi connectivity index (χ2v) is 5.08. The number of hydrogen-bond donors (Lipinski definition) is 3. The Balaban J connectivity index is 2.58. The molecule has 0 amide bonds. The summed E-state index contributed by atoms with van der Waals surface area (Å²) in [6.07, 6.45) is 0. The number of benzene rings is 1. The number of nitrogens with two attached hydrogens (primary N) is 1. The maximum atomic E-state index is 9.78. The zero-order chi connectivity index (χ0) is 14.0. The number of nitriles is 2. The van der Waals surface area contributed by atoms with Crippen molar-refractivity contribution in [3.05, 3.63) is 40.5 Å². The van der Waals surface area contributed by atoms with E-state index >= 15 is 0 Å². The number of allylic oxidation sites excluding steroid dienone is 1. The molecule has 1 aromatic carbocycles. The third-order valence-electron chi connectivity index (χ3n) is 2.92. The number of rotatable bonds is 1. The van der Waals surface area contributed by atoms with E-state index < -0.39 is 11.8 Å². The van der Waals surface area contributed by atoms with Crippen LogP contribution >= 0.6 is 11.8 Å². The molecule has 1 heterocycles. The standard InChI is InChI=1S/C13H10N4OS/c14-5-9-11(7-1-3-8(16)4-2-7)10(6-15)13(18)19-12(9)17/h1-4,9,11,17-18H,16H2/t9-,11-/m1/s1. The summed E-state index contributed by atoms with van der Waals surface area (Å²) in [5, 5.41) is 35.8. The summed E-state index contributed by atoms with van der Waals surface area (Å²) in [5.74, 6) is -1.39. The lowest BCUT2D eigenvalue weighted by atomic mass is 9.82. The van der Waals surface area contributed by atoms with Crippen LogP contribution in [0.1, 0.15) is 11.5 Å². The summed E-state index contributed by atoms with van der Waals surface area (Å²) < 4.78 is 0. The first-order chi connectivity index (χ1) is 9.08. The lowest BCUT2D eigenvalue weighted by molar-refractivity contribution is 0.444. The predicted octanol–water partition coefficient (Wildman–Crippen LogP) is 2.51. The van der Waals surface area contributed by atoms with Crippen molar-refractivity contribution in [2.75, 3.05) is 5.73 Å². The molecule has 0 radical (unpaired) electrons. The molecule has 0 fully saturated rings. The number of nitrogens with one attached hydrogen (secondary N) is 1. The number of aliphatic hydroxyl groups is 1. The number of nitrogens with zero attached hydrogens (tertiary/aromatic N) is 2. The predicted molar refractivity (Wildman–Crippen MR) is 73.3 cm³/mol. The molecule has 19 heavy (non-hydrogen) atoms. The first kappa shape index (κ1) is 13.0. The van der Waals surface area contributed by atoms with Crippen molar-refractivity contribution in [2.45, 2.75) is 5.92 Å². The van der Waals surface area contributed by atoms with Crippen LogP contribution in [0.2, 0.25) is 0 Å². The monoisotopic (exact) mass is 270 g/mol. The Bertz CT molecular complexity index is 636. The minimum absolute atomic E-state index is 0.0424. The Kier molecular flexibility index (Phi) is 3.46. The molecule has 2 rings (SSSR count). The fourth-order valence-electron chi connectivity index (χ4n) is 1.99. The van der Waals surface area contributed by atoms with Crippen LogP contribution in [0.4, 0.5) is 5.69 Å². The summed E-state index contributed by atoms with van der Waals surface area (Å²) in [7, 11) is 0. The molecule has 5 nitrogen and oxygen atoms in total. The van der Waals surface area contributed by atoms with Crippen LogP contribution in [0.25, 0.3) is 0 Å². The first-order valence-corrected chi connectivity index (χ1v) is 6.24. The van der Waals surface area contributed by atoms with Crippen molar-refractivity contribution in [3.8, 4) is 12.1 Å². The van der Waals surface area contributed by atoms with Gasteiger partial charge in [-0.3, -0.25) is 5.41 Å². The fourth-order valence-corrected chi connectivity index (χ4v) is 2.79. The van der Waals surface area contributed by atoms with E-state index in [-0.39, 0.29) is 15.7 Å². The number of nitrogen functional groups attached to an aromatic ring is 1. The smallest absolute Gasteiger partial charge is 0.170 e. The number of aliphatic hydroxyl groups excluding tert-OH is 1. The van der Waals surface area contributed by atoms with Crippen LogP contribution in [0.5, 0.6) is 0 Å². The van der Waals surface area contributed by atoms with E-state index in [1.165, 1.54) is 0 Å². The summed E-state index contributed by atoms with van der Waals surface area (Å²) in [4.78, 5) is 0. The highest BCUT2D eigenvalue weighted by molar-refractivity contribution is 8.17. The Morgan fingerprint density at radius 3 is 2.42 bits per heavy atom. The molecule has 0 bridgehead atoms. The quantitative estimate of drug-likeness (QED) is 0.677. The van der Waals surface area contributed by atoms with E-state index in [0.717, 1.165) is 11.8 Å². The summed E-state index contributed by atoms with van der Waals surface area (Å²) in [6, 6.07) is 10.7. The SMILES string of the molecule is N#CC1=C(O)SC(=N)[C@H](C#N)[C@H]1c1ccc(N)cc1. The van der Waals surface area contributed by atoms with E-state index in [4.69, 9.17) is 16.4 Å². The molecular formula is C13H10N4OS. The highest BCUT2D eigenvalue weighted by Crippen LogP contribution is 2.43. The van der Waals surface area contributed by atoms with Gasteiger partial charge < -0.3 is 10.8 Å². The van der Waals surface area contributed by atoms with E-state index in [1.54, 1.807) is 24.3 Å². The second-order valence-electron chi connectivity index (χ2n) is 4.05. The third-order valence-corrected chi connectivity index (χ3v) is 3.81. The van der Waals surface area contributed by atoms with E-state index in [1.807, 2.05) is 12.1 Å². The molecule has 0 saturated carbocycles.